The van der Waals surface area contributed by atoms with Crippen LogP contribution in [0.3, 0.4) is 0 Å². The van der Waals surface area contributed by atoms with Gasteiger partial charge in [0.25, 0.3) is 0 Å². The van der Waals surface area contributed by atoms with E-state index in [0.29, 0.717) is 13.1 Å². The van der Waals surface area contributed by atoms with Crippen molar-refractivity contribution in [3.63, 3.8) is 0 Å². The summed E-state index contributed by atoms with van der Waals surface area (Å²) in [5.74, 6) is -1.08. The largest absolute Gasteiger partial charge is 0.476 e. The maximum absolute atomic E-state index is 12.8. The van der Waals surface area contributed by atoms with Crippen LogP contribution in [-0.2, 0) is 10.0 Å². The minimum atomic E-state index is -3.90. The van der Waals surface area contributed by atoms with Gasteiger partial charge in [-0.15, -0.1) is 0 Å². The molecule has 21 heavy (non-hydrogen) atoms. The van der Waals surface area contributed by atoms with Crippen molar-refractivity contribution in [1.29, 1.82) is 0 Å². The van der Waals surface area contributed by atoms with Gasteiger partial charge in [-0.05, 0) is 18.8 Å². The Morgan fingerprint density at radius 1 is 1.24 bits per heavy atom. The number of nitrogens with one attached hydrogen (secondary N) is 1. The molecule has 0 aliphatic carbocycles. The zero-order valence-electron chi connectivity index (χ0n) is 13.0. The maximum Gasteiger partial charge on any atom is 0.357 e. The monoisotopic (exact) mass is 317 g/mol. The molecule has 0 radical (unpaired) electrons. The summed E-state index contributed by atoms with van der Waals surface area (Å²) in [6.45, 7) is 9.86. The maximum atomic E-state index is 12.8. The predicted octanol–water partition coefficient (Wildman–Crippen LogP) is 1.72. The number of nitrogens with zero attached hydrogens (tertiary/aromatic N) is 2. The molecular weight excluding hydrogens is 294 g/mol. The topological polar surface area (TPSA) is 103 Å². The van der Waals surface area contributed by atoms with Crippen LogP contribution in [0.1, 0.15) is 43.9 Å². The van der Waals surface area contributed by atoms with Gasteiger partial charge in [0.1, 0.15) is 4.90 Å². The molecule has 1 rings (SSSR count). The zero-order chi connectivity index (χ0) is 16.4. The second kappa shape index (κ2) is 6.57. The molecule has 0 aliphatic rings. The molecule has 7 nitrogen and oxygen atoms in total. The predicted molar refractivity (Wildman–Crippen MR) is 78.7 cm³/mol. The fourth-order valence-electron chi connectivity index (χ4n) is 2.09. The molecule has 1 heterocycles. The molecular formula is C13H23N3O4S. The van der Waals surface area contributed by atoms with E-state index in [-0.39, 0.29) is 22.4 Å². The van der Waals surface area contributed by atoms with E-state index in [1.165, 1.54) is 11.2 Å². The molecule has 0 fully saturated rings. The highest BCUT2D eigenvalue weighted by molar-refractivity contribution is 7.89. The number of aromatic nitrogens is 2. The van der Waals surface area contributed by atoms with E-state index in [0.717, 1.165) is 0 Å². The van der Waals surface area contributed by atoms with Crippen LogP contribution in [0.5, 0.6) is 0 Å². The van der Waals surface area contributed by atoms with Gasteiger partial charge in [0, 0.05) is 13.1 Å². The molecule has 1 aromatic heterocycles. The average Bonchev–Trinajstić information content (AvgIpc) is 2.69. The molecule has 8 heteroatoms. The normalized spacial score (nSPS) is 12.6. The third-order valence-corrected chi connectivity index (χ3v) is 4.82. The van der Waals surface area contributed by atoms with Crippen molar-refractivity contribution < 1.29 is 18.3 Å². The van der Waals surface area contributed by atoms with Gasteiger partial charge in [-0.3, -0.25) is 5.10 Å². The van der Waals surface area contributed by atoms with E-state index in [4.69, 9.17) is 5.11 Å². The number of carbonyl (C=O) groups is 1. The van der Waals surface area contributed by atoms with Crippen molar-refractivity contribution in [2.45, 2.75) is 39.5 Å². The van der Waals surface area contributed by atoms with Crippen LogP contribution in [0, 0.1) is 18.8 Å². The van der Waals surface area contributed by atoms with E-state index in [1.807, 2.05) is 27.7 Å². The number of H-pyrrole nitrogens is 1. The number of aryl methyl sites for hydroxylation is 1. The van der Waals surface area contributed by atoms with Crippen molar-refractivity contribution in [1.82, 2.24) is 14.5 Å². The summed E-state index contributed by atoms with van der Waals surface area (Å²) in [4.78, 5) is 10.9. The minimum absolute atomic E-state index is 0.138. The van der Waals surface area contributed by atoms with E-state index >= 15 is 0 Å². The summed E-state index contributed by atoms with van der Waals surface area (Å²) in [6, 6.07) is 0. The highest BCUT2D eigenvalue weighted by atomic mass is 32.2. The first-order valence-corrected chi connectivity index (χ1v) is 8.29. The molecule has 0 spiro atoms. The van der Waals surface area contributed by atoms with Crippen molar-refractivity contribution in [2.24, 2.45) is 11.8 Å². The fraction of sp³-hybridized carbons (Fsp3) is 0.692. The van der Waals surface area contributed by atoms with Gasteiger partial charge in [0.2, 0.25) is 10.0 Å². The molecule has 0 unspecified atom stereocenters. The number of aromatic carboxylic acids is 1. The van der Waals surface area contributed by atoms with Crippen LogP contribution < -0.4 is 0 Å². The first kappa shape index (κ1) is 17.6. The van der Waals surface area contributed by atoms with Gasteiger partial charge >= 0.3 is 5.97 Å². The quantitative estimate of drug-likeness (QED) is 0.797. The molecule has 0 atom stereocenters. The first-order chi connectivity index (χ1) is 9.57. The lowest BCUT2D eigenvalue weighted by molar-refractivity contribution is 0.0686. The lowest BCUT2D eigenvalue weighted by atomic mass is 10.2. The molecule has 0 bridgehead atoms. The van der Waals surface area contributed by atoms with Crippen LogP contribution >= 0.6 is 0 Å². The number of carboxylic acid groups (broad SMARTS) is 1. The first-order valence-electron chi connectivity index (χ1n) is 6.85. The molecule has 2 N–H and O–H groups in total. The minimum Gasteiger partial charge on any atom is -0.476 e. The highest BCUT2D eigenvalue weighted by Gasteiger charge is 2.33. The fourth-order valence-corrected chi connectivity index (χ4v) is 4.15. The van der Waals surface area contributed by atoms with Crippen molar-refractivity contribution >= 4 is 16.0 Å². The van der Waals surface area contributed by atoms with Crippen LogP contribution in [0.25, 0.3) is 0 Å². The van der Waals surface area contributed by atoms with E-state index in [9.17, 15) is 13.2 Å². The molecule has 0 amide bonds. The Labute approximate surface area is 125 Å². The molecule has 120 valence electrons. The molecule has 0 aliphatic heterocycles. The van der Waals surface area contributed by atoms with Crippen molar-refractivity contribution in [2.75, 3.05) is 13.1 Å². The molecule has 1 aromatic rings. The van der Waals surface area contributed by atoms with Gasteiger partial charge in [-0.1, -0.05) is 27.7 Å². The van der Waals surface area contributed by atoms with Crippen LogP contribution in [0.15, 0.2) is 4.90 Å². The Bertz CT molecular complexity index is 595. The van der Waals surface area contributed by atoms with E-state index < -0.39 is 21.7 Å². The summed E-state index contributed by atoms with van der Waals surface area (Å²) >= 11 is 0. The molecule has 0 aromatic carbocycles. The van der Waals surface area contributed by atoms with Crippen LogP contribution in [0.2, 0.25) is 0 Å². The SMILES string of the molecule is Cc1[nH]nc(C(=O)O)c1S(=O)(=O)N(CC(C)C)CC(C)C. The third-order valence-electron chi connectivity index (χ3n) is 2.83. The summed E-state index contributed by atoms with van der Waals surface area (Å²) in [6.07, 6.45) is 0. The second-order valence-corrected chi connectivity index (χ2v) is 7.82. The Hall–Kier alpha value is -1.41. The van der Waals surface area contributed by atoms with Gasteiger partial charge in [-0.25, -0.2) is 13.2 Å². The van der Waals surface area contributed by atoms with Gasteiger partial charge in [0.15, 0.2) is 5.69 Å². The summed E-state index contributed by atoms with van der Waals surface area (Å²) in [7, 11) is -3.90. The summed E-state index contributed by atoms with van der Waals surface area (Å²) in [5.41, 5.74) is -0.213. The molecule has 0 saturated heterocycles. The molecule has 0 saturated carbocycles. The summed E-state index contributed by atoms with van der Waals surface area (Å²) in [5, 5.41) is 15.2. The zero-order valence-corrected chi connectivity index (χ0v) is 13.9. The number of aromatic amines is 1. The Morgan fingerprint density at radius 2 is 1.71 bits per heavy atom. The number of sulfonamides is 1. The highest BCUT2D eigenvalue weighted by Crippen LogP contribution is 2.24. The van der Waals surface area contributed by atoms with E-state index in [2.05, 4.69) is 10.2 Å². The van der Waals surface area contributed by atoms with Gasteiger partial charge < -0.3 is 5.11 Å². The van der Waals surface area contributed by atoms with Crippen LogP contribution in [-0.4, -0.2) is 47.1 Å². The number of hydrogen-bond acceptors (Lipinski definition) is 4. The smallest absolute Gasteiger partial charge is 0.357 e. The van der Waals surface area contributed by atoms with E-state index in [1.54, 1.807) is 0 Å². The summed E-state index contributed by atoms with van der Waals surface area (Å²) < 4.78 is 27.0. The average molecular weight is 317 g/mol. The lowest BCUT2D eigenvalue weighted by Gasteiger charge is -2.25. The van der Waals surface area contributed by atoms with Crippen molar-refractivity contribution in [3.8, 4) is 0 Å². The van der Waals surface area contributed by atoms with Crippen LogP contribution in [0.4, 0.5) is 0 Å². The lowest BCUT2D eigenvalue weighted by Crippen LogP contribution is -2.37. The Morgan fingerprint density at radius 3 is 2.10 bits per heavy atom. The number of rotatable bonds is 7. The second-order valence-electron chi connectivity index (χ2n) is 5.94. The van der Waals surface area contributed by atoms with Crippen molar-refractivity contribution in [3.05, 3.63) is 11.4 Å². The Balaban J connectivity index is 3.35. The van der Waals surface area contributed by atoms with Gasteiger partial charge in [0.05, 0.1) is 5.69 Å². The Kier molecular flexibility index (Phi) is 5.52. The van der Waals surface area contributed by atoms with Gasteiger partial charge in [-0.2, -0.15) is 9.40 Å². The third kappa shape index (κ3) is 4.04. The number of hydrogen-bond donors (Lipinski definition) is 2. The number of carboxylic acids is 1. The standard InChI is InChI=1S/C13H23N3O4S/c1-8(2)6-16(7-9(3)4)21(19,20)12-10(5)14-15-11(12)13(17)18/h8-9H,6-7H2,1-5H3,(H,14,15)(H,17,18).